The lowest BCUT2D eigenvalue weighted by molar-refractivity contribution is -0.00310. The van der Waals surface area contributed by atoms with Crippen LogP contribution >= 0.6 is 0 Å². The third-order valence-corrected chi connectivity index (χ3v) is 3.10. The fourth-order valence-electron chi connectivity index (χ4n) is 2.28. The first-order valence-electron chi connectivity index (χ1n) is 6.26. The number of hydrogen-bond acceptors (Lipinski definition) is 2. The summed E-state index contributed by atoms with van der Waals surface area (Å²) in [7, 11) is 0. The summed E-state index contributed by atoms with van der Waals surface area (Å²) in [5, 5.41) is 3.43. The minimum atomic E-state index is -0.179. The summed E-state index contributed by atoms with van der Waals surface area (Å²) in [5.74, 6) is 0.475. The first kappa shape index (κ1) is 12.5. The lowest BCUT2D eigenvalue weighted by Gasteiger charge is -2.31. The van der Waals surface area contributed by atoms with Gasteiger partial charge in [-0.15, -0.1) is 0 Å². The second-order valence-electron chi connectivity index (χ2n) is 5.08. The Hall–Kier alpha value is -0.930. The van der Waals surface area contributed by atoms with Crippen molar-refractivity contribution in [1.82, 2.24) is 5.32 Å². The summed E-state index contributed by atoms with van der Waals surface area (Å²) >= 11 is 0. The molecule has 2 nitrogen and oxygen atoms in total. The molecule has 1 aromatic carbocycles. The Morgan fingerprint density at radius 2 is 2.18 bits per heavy atom. The molecular weight excluding hydrogens is 217 g/mol. The number of nitrogens with one attached hydrogen (secondary N) is 1. The highest BCUT2D eigenvalue weighted by atomic mass is 19.1. The number of ether oxygens (including phenoxy) is 1. The van der Waals surface area contributed by atoms with Crippen molar-refractivity contribution in [3.05, 3.63) is 35.6 Å². The molecule has 0 aromatic heterocycles. The molecule has 1 fully saturated rings. The molecule has 2 atom stereocenters. The van der Waals surface area contributed by atoms with Gasteiger partial charge in [0.1, 0.15) is 5.82 Å². The van der Waals surface area contributed by atoms with Gasteiger partial charge in [0.15, 0.2) is 0 Å². The molecule has 0 spiro atoms. The molecule has 1 aliphatic rings. The van der Waals surface area contributed by atoms with E-state index in [1.54, 1.807) is 12.1 Å². The maximum absolute atomic E-state index is 13.6. The lowest BCUT2D eigenvalue weighted by Crippen LogP contribution is -2.43. The SMILES string of the molecule is CC(C)CC1COC(c2ccccc2F)CN1. The molecule has 0 radical (unpaired) electrons. The molecule has 2 unspecified atom stereocenters. The molecule has 1 aromatic rings. The molecule has 1 N–H and O–H groups in total. The zero-order chi connectivity index (χ0) is 12.3. The summed E-state index contributed by atoms with van der Waals surface area (Å²) in [6, 6.07) is 7.24. The van der Waals surface area contributed by atoms with Crippen LogP contribution in [0.15, 0.2) is 24.3 Å². The highest BCUT2D eigenvalue weighted by Crippen LogP contribution is 2.23. The van der Waals surface area contributed by atoms with E-state index in [1.807, 2.05) is 6.07 Å². The highest BCUT2D eigenvalue weighted by molar-refractivity contribution is 5.20. The molecule has 1 saturated heterocycles. The average Bonchev–Trinajstić information content (AvgIpc) is 2.30. The van der Waals surface area contributed by atoms with Crippen LogP contribution in [0, 0.1) is 11.7 Å². The Morgan fingerprint density at radius 3 is 2.76 bits per heavy atom. The molecule has 3 heteroatoms. The summed E-state index contributed by atoms with van der Waals surface area (Å²) in [6.07, 6.45) is 0.948. The zero-order valence-electron chi connectivity index (χ0n) is 10.4. The van der Waals surface area contributed by atoms with Crippen LogP contribution < -0.4 is 5.32 Å². The predicted octanol–water partition coefficient (Wildman–Crippen LogP) is 2.90. The van der Waals surface area contributed by atoms with Gasteiger partial charge in [0.25, 0.3) is 0 Å². The van der Waals surface area contributed by atoms with Crippen LogP contribution in [-0.2, 0) is 4.74 Å². The molecule has 0 bridgehead atoms. The smallest absolute Gasteiger partial charge is 0.129 e. The zero-order valence-corrected chi connectivity index (χ0v) is 10.4. The first-order chi connectivity index (χ1) is 8.16. The molecule has 0 saturated carbocycles. The Labute approximate surface area is 102 Å². The maximum atomic E-state index is 13.6. The molecule has 1 aliphatic heterocycles. The summed E-state index contributed by atoms with van der Waals surface area (Å²) in [5.41, 5.74) is 0.656. The van der Waals surface area contributed by atoms with Gasteiger partial charge in [-0.2, -0.15) is 0 Å². The van der Waals surface area contributed by atoms with Gasteiger partial charge in [-0.1, -0.05) is 32.0 Å². The fourth-order valence-corrected chi connectivity index (χ4v) is 2.28. The Bertz CT molecular complexity index is 359. The van der Waals surface area contributed by atoms with Gasteiger partial charge in [0.05, 0.1) is 12.7 Å². The van der Waals surface area contributed by atoms with Crippen molar-refractivity contribution in [2.45, 2.75) is 32.4 Å². The minimum Gasteiger partial charge on any atom is -0.370 e. The topological polar surface area (TPSA) is 21.3 Å². The Balaban J connectivity index is 1.93. The van der Waals surface area contributed by atoms with Crippen molar-refractivity contribution in [1.29, 1.82) is 0 Å². The summed E-state index contributed by atoms with van der Waals surface area (Å²) < 4.78 is 19.3. The average molecular weight is 237 g/mol. The molecular formula is C14H20FNO. The van der Waals surface area contributed by atoms with Crippen LogP contribution in [0.3, 0.4) is 0 Å². The van der Waals surface area contributed by atoms with Crippen LogP contribution in [0.25, 0.3) is 0 Å². The van der Waals surface area contributed by atoms with Crippen LogP contribution in [0.1, 0.15) is 31.9 Å². The van der Waals surface area contributed by atoms with E-state index in [0.29, 0.717) is 30.7 Å². The largest absolute Gasteiger partial charge is 0.370 e. The number of halogens is 1. The van der Waals surface area contributed by atoms with E-state index in [4.69, 9.17) is 4.74 Å². The van der Waals surface area contributed by atoms with Gasteiger partial charge >= 0.3 is 0 Å². The molecule has 94 valence electrons. The van der Waals surface area contributed by atoms with Crippen molar-refractivity contribution in [3.8, 4) is 0 Å². The molecule has 17 heavy (non-hydrogen) atoms. The van der Waals surface area contributed by atoms with E-state index in [9.17, 15) is 4.39 Å². The number of rotatable bonds is 3. The molecule has 1 heterocycles. The maximum Gasteiger partial charge on any atom is 0.129 e. The molecule has 0 amide bonds. The van der Waals surface area contributed by atoms with Crippen molar-refractivity contribution >= 4 is 0 Å². The van der Waals surface area contributed by atoms with Crippen molar-refractivity contribution < 1.29 is 9.13 Å². The number of hydrogen-bond donors (Lipinski definition) is 1. The van der Waals surface area contributed by atoms with E-state index in [-0.39, 0.29) is 11.9 Å². The van der Waals surface area contributed by atoms with Crippen LogP contribution in [0.4, 0.5) is 4.39 Å². The number of morpholine rings is 1. The third kappa shape index (κ3) is 3.27. The van der Waals surface area contributed by atoms with Gasteiger partial charge in [0, 0.05) is 18.2 Å². The van der Waals surface area contributed by atoms with Crippen LogP contribution in [0.2, 0.25) is 0 Å². The van der Waals surface area contributed by atoms with Crippen molar-refractivity contribution in [2.24, 2.45) is 5.92 Å². The van der Waals surface area contributed by atoms with E-state index in [2.05, 4.69) is 19.2 Å². The monoisotopic (exact) mass is 237 g/mol. The van der Waals surface area contributed by atoms with Gasteiger partial charge in [-0.25, -0.2) is 4.39 Å². The van der Waals surface area contributed by atoms with Gasteiger partial charge in [-0.05, 0) is 18.4 Å². The first-order valence-corrected chi connectivity index (χ1v) is 6.26. The predicted molar refractivity (Wildman–Crippen MR) is 66.3 cm³/mol. The van der Waals surface area contributed by atoms with Crippen LogP contribution in [0.5, 0.6) is 0 Å². The Morgan fingerprint density at radius 1 is 1.41 bits per heavy atom. The van der Waals surface area contributed by atoms with Gasteiger partial charge in [-0.3, -0.25) is 0 Å². The van der Waals surface area contributed by atoms with Gasteiger partial charge < -0.3 is 10.1 Å². The van der Waals surface area contributed by atoms with E-state index < -0.39 is 0 Å². The van der Waals surface area contributed by atoms with Gasteiger partial charge in [0.2, 0.25) is 0 Å². The summed E-state index contributed by atoms with van der Waals surface area (Å²) in [6.45, 7) is 5.75. The number of benzene rings is 1. The summed E-state index contributed by atoms with van der Waals surface area (Å²) in [4.78, 5) is 0. The molecule has 2 rings (SSSR count). The third-order valence-electron chi connectivity index (χ3n) is 3.10. The normalized spacial score (nSPS) is 25.2. The quantitative estimate of drug-likeness (QED) is 0.872. The fraction of sp³-hybridized carbons (Fsp3) is 0.571. The van der Waals surface area contributed by atoms with E-state index in [1.165, 1.54) is 6.07 Å². The minimum absolute atomic E-state index is 0.153. The highest BCUT2D eigenvalue weighted by Gasteiger charge is 2.24. The van der Waals surface area contributed by atoms with E-state index in [0.717, 1.165) is 6.42 Å². The standard InChI is InChI=1S/C14H20FNO/c1-10(2)7-11-9-17-14(8-16-11)12-5-3-4-6-13(12)15/h3-6,10-11,14,16H,7-9H2,1-2H3. The lowest BCUT2D eigenvalue weighted by atomic mass is 10.0. The van der Waals surface area contributed by atoms with Crippen molar-refractivity contribution in [2.75, 3.05) is 13.2 Å². The molecule has 0 aliphatic carbocycles. The van der Waals surface area contributed by atoms with E-state index >= 15 is 0 Å². The van der Waals surface area contributed by atoms with Crippen molar-refractivity contribution in [3.63, 3.8) is 0 Å². The second kappa shape index (κ2) is 5.61. The Kier molecular flexibility index (Phi) is 4.13. The second-order valence-corrected chi connectivity index (χ2v) is 5.08. The van der Waals surface area contributed by atoms with Crippen LogP contribution in [-0.4, -0.2) is 19.2 Å².